The third-order valence-electron chi connectivity index (χ3n) is 3.24. The monoisotopic (exact) mass is 242 g/mol. The van der Waals surface area contributed by atoms with Gasteiger partial charge in [0.05, 0.1) is 6.61 Å². The molecule has 5 heteroatoms. The molecule has 0 aromatic rings. The first kappa shape index (κ1) is 12.7. The molecule has 0 spiro atoms. The molecular weight excluding hydrogens is 224 g/mol. The highest BCUT2D eigenvalue weighted by atomic mass is 16.5. The standard InChI is InChI=1S/C12H18O5/c13-6-8-9(14)10(15)11(16)12(17-8)7-4-2-1-3-5-7/h2,4-5,8-16H,1,3,6H2/t8-,9-,10+,11+,12-/m1/s1. The summed E-state index contributed by atoms with van der Waals surface area (Å²) in [6, 6.07) is 0. The first-order valence-electron chi connectivity index (χ1n) is 5.82. The molecule has 5 atom stereocenters. The first-order valence-corrected chi connectivity index (χ1v) is 5.82. The third kappa shape index (κ3) is 2.43. The van der Waals surface area contributed by atoms with Crippen LogP contribution in [0.2, 0.25) is 0 Å². The van der Waals surface area contributed by atoms with Crippen molar-refractivity contribution in [3.8, 4) is 0 Å². The normalized spacial score (nSPS) is 42.4. The molecule has 0 aromatic carbocycles. The van der Waals surface area contributed by atoms with Crippen molar-refractivity contribution in [1.82, 2.24) is 0 Å². The fraction of sp³-hybridized carbons (Fsp3) is 0.667. The number of allylic oxidation sites excluding steroid dienone is 2. The van der Waals surface area contributed by atoms with E-state index < -0.39 is 37.1 Å². The molecule has 1 heterocycles. The van der Waals surface area contributed by atoms with E-state index >= 15 is 0 Å². The zero-order chi connectivity index (χ0) is 12.4. The van der Waals surface area contributed by atoms with Gasteiger partial charge in [0, 0.05) is 0 Å². The molecule has 2 aliphatic rings. The second-order valence-corrected chi connectivity index (χ2v) is 4.43. The molecular formula is C12H18O5. The lowest BCUT2D eigenvalue weighted by molar-refractivity contribution is -0.218. The Hall–Kier alpha value is -0.720. The van der Waals surface area contributed by atoms with Gasteiger partial charge in [-0.05, 0) is 18.4 Å². The number of aliphatic hydroxyl groups excluding tert-OH is 4. The highest BCUT2D eigenvalue weighted by molar-refractivity contribution is 5.28. The predicted octanol–water partition coefficient (Wildman–Crippen LogP) is -0.895. The molecule has 5 nitrogen and oxygen atoms in total. The van der Waals surface area contributed by atoms with Gasteiger partial charge < -0.3 is 25.2 Å². The average molecular weight is 242 g/mol. The maximum atomic E-state index is 9.88. The van der Waals surface area contributed by atoms with Crippen LogP contribution in [0.1, 0.15) is 12.8 Å². The fourth-order valence-corrected chi connectivity index (χ4v) is 2.22. The molecule has 4 N–H and O–H groups in total. The maximum Gasteiger partial charge on any atom is 0.113 e. The Bertz CT molecular complexity index is 323. The summed E-state index contributed by atoms with van der Waals surface area (Å²) in [6.45, 7) is -0.390. The zero-order valence-electron chi connectivity index (χ0n) is 9.44. The molecule has 96 valence electrons. The summed E-state index contributed by atoms with van der Waals surface area (Å²) in [7, 11) is 0. The van der Waals surface area contributed by atoms with Crippen LogP contribution in [0.25, 0.3) is 0 Å². The van der Waals surface area contributed by atoms with E-state index in [1.54, 1.807) is 0 Å². The van der Waals surface area contributed by atoms with Crippen molar-refractivity contribution in [2.24, 2.45) is 0 Å². The van der Waals surface area contributed by atoms with E-state index in [9.17, 15) is 15.3 Å². The lowest BCUT2D eigenvalue weighted by atomic mass is 9.89. The van der Waals surface area contributed by atoms with Gasteiger partial charge in [0.2, 0.25) is 0 Å². The molecule has 0 saturated carbocycles. The Kier molecular flexibility index (Phi) is 3.96. The van der Waals surface area contributed by atoms with E-state index in [0.29, 0.717) is 0 Å². The molecule has 1 fully saturated rings. The fourth-order valence-electron chi connectivity index (χ4n) is 2.22. The van der Waals surface area contributed by atoms with E-state index in [1.165, 1.54) is 0 Å². The summed E-state index contributed by atoms with van der Waals surface area (Å²) in [6.07, 6.45) is 2.25. The van der Waals surface area contributed by atoms with Crippen LogP contribution in [0.3, 0.4) is 0 Å². The van der Waals surface area contributed by atoms with Gasteiger partial charge >= 0.3 is 0 Å². The Morgan fingerprint density at radius 1 is 1.12 bits per heavy atom. The highest BCUT2D eigenvalue weighted by Crippen LogP contribution is 2.28. The summed E-state index contributed by atoms with van der Waals surface area (Å²) in [5, 5.41) is 38.2. The van der Waals surface area contributed by atoms with Gasteiger partial charge in [-0.3, -0.25) is 0 Å². The minimum Gasteiger partial charge on any atom is -0.394 e. The van der Waals surface area contributed by atoms with Crippen LogP contribution in [0.15, 0.2) is 23.8 Å². The minimum atomic E-state index is -1.30. The quantitative estimate of drug-likeness (QED) is 0.504. The summed E-state index contributed by atoms with van der Waals surface area (Å²) < 4.78 is 5.44. The van der Waals surface area contributed by atoms with Crippen LogP contribution in [-0.2, 0) is 4.74 Å². The highest BCUT2D eigenvalue weighted by Gasteiger charge is 2.44. The molecule has 17 heavy (non-hydrogen) atoms. The lowest BCUT2D eigenvalue weighted by Crippen LogP contribution is -2.58. The molecule has 1 aliphatic carbocycles. The van der Waals surface area contributed by atoms with Crippen LogP contribution in [0, 0.1) is 0 Å². The second-order valence-electron chi connectivity index (χ2n) is 4.43. The molecule has 0 bridgehead atoms. The Morgan fingerprint density at radius 3 is 2.47 bits per heavy atom. The first-order chi connectivity index (χ1) is 8.15. The van der Waals surface area contributed by atoms with Gasteiger partial charge in [0.15, 0.2) is 0 Å². The Morgan fingerprint density at radius 2 is 1.88 bits per heavy atom. The molecule has 0 unspecified atom stereocenters. The summed E-state index contributed by atoms with van der Waals surface area (Å²) >= 11 is 0. The van der Waals surface area contributed by atoms with Crippen LogP contribution >= 0.6 is 0 Å². The van der Waals surface area contributed by atoms with Gasteiger partial charge in [-0.25, -0.2) is 0 Å². The van der Waals surface area contributed by atoms with Crippen molar-refractivity contribution in [1.29, 1.82) is 0 Å². The van der Waals surface area contributed by atoms with Crippen LogP contribution in [0.4, 0.5) is 0 Å². The smallest absolute Gasteiger partial charge is 0.113 e. The summed E-state index contributed by atoms with van der Waals surface area (Å²) in [4.78, 5) is 0. The van der Waals surface area contributed by atoms with Crippen molar-refractivity contribution in [3.05, 3.63) is 23.8 Å². The SMILES string of the molecule is OC[C@H]1O[C@H](C2=CCCC=C2)[C@@H](O)[C@@H](O)[C@@H]1O. The van der Waals surface area contributed by atoms with Gasteiger partial charge in [0.1, 0.15) is 30.5 Å². The van der Waals surface area contributed by atoms with Crippen molar-refractivity contribution >= 4 is 0 Å². The lowest BCUT2D eigenvalue weighted by Gasteiger charge is -2.40. The summed E-state index contributed by atoms with van der Waals surface area (Å²) in [5.41, 5.74) is 0.785. The molecule has 2 rings (SSSR count). The van der Waals surface area contributed by atoms with Crippen molar-refractivity contribution in [2.75, 3.05) is 6.61 Å². The molecule has 1 aliphatic heterocycles. The number of hydrogen-bond donors (Lipinski definition) is 4. The van der Waals surface area contributed by atoms with Gasteiger partial charge in [-0.15, -0.1) is 0 Å². The molecule has 1 saturated heterocycles. The van der Waals surface area contributed by atoms with E-state index in [0.717, 1.165) is 18.4 Å². The van der Waals surface area contributed by atoms with E-state index in [-0.39, 0.29) is 0 Å². The average Bonchev–Trinajstić information content (AvgIpc) is 2.37. The van der Waals surface area contributed by atoms with Gasteiger partial charge in [-0.2, -0.15) is 0 Å². The predicted molar refractivity (Wildman–Crippen MR) is 60.2 cm³/mol. The number of rotatable bonds is 2. The van der Waals surface area contributed by atoms with Gasteiger partial charge in [0.25, 0.3) is 0 Å². The largest absolute Gasteiger partial charge is 0.394 e. The maximum absolute atomic E-state index is 9.88. The van der Waals surface area contributed by atoms with Crippen LogP contribution < -0.4 is 0 Å². The Balaban J connectivity index is 2.16. The van der Waals surface area contributed by atoms with E-state index in [4.69, 9.17) is 9.84 Å². The van der Waals surface area contributed by atoms with Crippen molar-refractivity contribution < 1.29 is 25.2 Å². The topological polar surface area (TPSA) is 90.2 Å². The molecule has 0 radical (unpaired) electrons. The summed E-state index contributed by atoms with van der Waals surface area (Å²) in [5.74, 6) is 0. The van der Waals surface area contributed by atoms with Gasteiger partial charge in [-0.1, -0.05) is 18.2 Å². The number of hydrogen-bond acceptors (Lipinski definition) is 5. The second kappa shape index (κ2) is 5.29. The molecule has 0 amide bonds. The third-order valence-corrected chi connectivity index (χ3v) is 3.24. The van der Waals surface area contributed by atoms with E-state index in [2.05, 4.69) is 0 Å². The zero-order valence-corrected chi connectivity index (χ0v) is 9.44. The molecule has 0 aromatic heterocycles. The van der Waals surface area contributed by atoms with Crippen molar-refractivity contribution in [3.63, 3.8) is 0 Å². The number of aliphatic hydroxyl groups is 4. The minimum absolute atomic E-state index is 0.390. The van der Waals surface area contributed by atoms with Crippen LogP contribution in [0.5, 0.6) is 0 Å². The van der Waals surface area contributed by atoms with Crippen LogP contribution in [-0.4, -0.2) is 57.6 Å². The van der Waals surface area contributed by atoms with E-state index in [1.807, 2.05) is 18.2 Å². The Labute approximate surface area is 99.7 Å². The number of ether oxygens (including phenoxy) is 1. The van der Waals surface area contributed by atoms with Crippen molar-refractivity contribution in [2.45, 2.75) is 43.4 Å².